The van der Waals surface area contributed by atoms with Gasteiger partial charge in [0.1, 0.15) is 0 Å². The van der Waals surface area contributed by atoms with Gasteiger partial charge in [0.15, 0.2) is 0 Å². The molecule has 2 heterocycles. The number of aromatic nitrogens is 1. The van der Waals surface area contributed by atoms with Crippen molar-refractivity contribution in [3.05, 3.63) is 29.7 Å². The maximum absolute atomic E-state index is 10.9. The fourth-order valence-corrected chi connectivity index (χ4v) is 1.64. The van der Waals surface area contributed by atoms with Crippen molar-refractivity contribution in [3.63, 3.8) is 0 Å². The standard InChI is InChI=1S/C8H12N2O/c11-10-6-3-8(7-10)9-4-1-2-5-9/h1-2,4-5,8,10H,3,6-7H2. The zero-order valence-electron chi connectivity index (χ0n) is 6.36. The van der Waals surface area contributed by atoms with Gasteiger partial charge >= 0.3 is 0 Å². The molecule has 11 heavy (non-hydrogen) atoms. The van der Waals surface area contributed by atoms with E-state index in [4.69, 9.17) is 0 Å². The van der Waals surface area contributed by atoms with Crippen LogP contribution in [0.5, 0.6) is 0 Å². The van der Waals surface area contributed by atoms with E-state index in [1.54, 1.807) is 0 Å². The summed E-state index contributed by atoms with van der Waals surface area (Å²) in [5, 5.41) is 11.3. The molecule has 0 saturated carbocycles. The van der Waals surface area contributed by atoms with Crippen molar-refractivity contribution in [3.8, 4) is 0 Å². The summed E-state index contributed by atoms with van der Waals surface area (Å²) in [5.41, 5.74) is 0. The first-order valence-corrected chi connectivity index (χ1v) is 4.00. The molecule has 1 aliphatic rings. The molecule has 60 valence electrons. The van der Waals surface area contributed by atoms with Crippen molar-refractivity contribution in [2.24, 2.45) is 0 Å². The van der Waals surface area contributed by atoms with Crippen molar-refractivity contribution in [1.82, 2.24) is 4.57 Å². The lowest BCUT2D eigenvalue weighted by molar-refractivity contribution is -0.835. The van der Waals surface area contributed by atoms with Crippen LogP contribution in [0.2, 0.25) is 0 Å². The fourth-order valence-electron chi connectivity index (χ4n) is 1.64. The normalized spacial score (nSPS) is 31.0. The predicted octanol–water partition coefficient (Wildman–Crippen LogP) is -0.184. The molecule has 1 aliphatic heterocycles. The molecule has 2 unspecified atom stereocenters. The van der Waals surface area contributed by atoms with Gasteiger partial charge < -0.3 is 14.8 Å². The maximum Gasteiger partial charge on any atom is 0.0981 e. The molecule has 2 atom stereocenters. The average molecular weight is 152 g/mol. The first-order valence-electron chi connectivity index (χ1n) is 4.00. The summed E-state index contributed by atoms with van der Waals surface area (Å²) in [6.45, 7) is 1.50. The van der Waals surface area contributed by atoms with Crippen molar-refractivity contribution in [1.29, 1.82) is 0 Å². The number of nitrogens with zero attached hydrogens (tertiary/aromatic N) is 1. The van der Waals surface area contributed by atoms with E-state index >= 15 is 0 Å². The SMILES string of the molecule is [O-][NH+]1CCC(n2cccc2)C1. The molecule has 0 spiro atoms. The van der Waals surface area contributed by atoms with Gasteiger partial charge in [-0.05, 0) is 12.1 Å². The predicted molar refractivity (Wildman–Crippen MR) is 42.1 cm³/mol. The van der Waals surface area contributed by atoms with Gasteiger partial charge in [0.05, 0.1) is 19.1 Å². The highest BCUT2D eigenvalue weighted by Crippen LogP contribution is 2.11. The van der Waals surface area contributed by atoms with Gasteiger partial charge in [0.2, 0.25) is 0 Å². The second-order valence-corrected chi connectivity index (χ2v) is 3.07. The zero-order chi connectivity index (χ0) is 7.68. The molecule has 3 heteroatoms. The lowest BCUT2D eigenvalue weighted by Crippen LogP contribution is -3.05. The van der Waals surface area contributed by atoms with Crippen LogP contribution >= 0.6 is 0 Å². The molecule has 1 fully saturated rings. The first-order chi connectivity index (χ1) is 5.36. The highest BCUT2D eigenvalue weighted by Gasteiger charge is 2.21. The number of rotatable bonds is 1. The minimum Gasteiger partial charge on any atom is -0.634 e. The van der Waals surface area contributed by atoms with Gasteiger partial charge in [-0.25, -0.2) is 0 Å². The van der Waals surface area contributed by atoms with Crippen molar-refractivity contribution < 1.29 is 5.06 Å². The first kappa shape index (κ1) is 6.88. The Morgan fingerprint density at radius 2 is 2.09 bits per heavy atom. The lowest BCUT2D eigenvalue weighted by Gasteiger charge is -2.15. The minimum absolute atomic E-state index is 0.406. The second-order valence-electron chi connectivity index (χ2n) is 3.07. The quantitative estimate of drug-likeness (QED) is 0.556. The van der Waals surface area contributed by atoms with E-state index in [0.29, 0.717) is 11.1 Å². The number of hydroxylamine groups is 2. The van der Waals surface area contributed by atoms with Crippen LogP contribution in [0.1, 0.15) is 12.5 Å². The Hall–Kier alpha value is -0.800. The van der Waals surface area contributed by atoms with Crippen LogP contribution in [0.15, 0.2) is 24.5 Å². The Kier molecular flexibility index (Phi) is 1.68. The van der Waals surface area contributed by atoms with Crippen LogP contribution in [0.4, 0.5) is 0 Å². The Morgan fingerprint density at radius 3 is 2.64 bits per heavy atom. The monoisotopic (exact) mass is 152 g/mol. The van der Waals surface area contributed by atoms with E-state index in [9.17, 15) is 5.21 Å². The molecule has 1 aromatic rings. The van der Waals surface area contributed by atoms with Crippen molar-refractivity contribution >= 4 is 0 Å². The lowest BCUT2D eigenvalue weighted by atomic mass is 10.3. The van der Waals surface area contributed by atoms with Crippen LogP contribution in [0.25, 0.3) is 0 Å². The summed E-state index contributed by atoms with van der Waals surface area (Å²) >= 11 is 0. The molecule has 0 aliphatic carbocycles. The highest BCUT2D eigenvalue weighted by atomic mass is 16.5. The van der Waals surface area contributed by atoms with E-state index in [2.05, 4.69) is 4.57 Å². The third-order valence-corrected chi connectivity index (χ3v) is 2.27. The van der Waals surface area contributed by atoms with Gasteiger partial charge in [-0.15, -0.1) is 0 Å². The largest absolute Gasteiger partial charge is 0.634 e. The number of quaternary nitrogens is 1. The summed E-state index contributed by atoms with van der Waals surface area (Å²) < 4.78 is 2.13. The second kappa shape index (κ2) is 2.68. The van der Waals surface area contributed by atoms with Gasteiger partial charge in [0, 0.05) is 18.8 Å². The number of hydrogen-bond donors (Lipinski definition) is 1. The van der Waals surface area contributed by atoms with Crippen molar-refractivity contribution in [2.45, 2.75) is 12.5 Å². The average Bonchev–Trinajstić information content (AvgIpc) is 2.55. The van der Waals surface area contributed by atoms with E-state index in [1.165, 1.54) is 0 Å². The van der Waals surface area contributed by atoms with Gasteiger partial charge in [0.25, 0.3) is 0 Å². The Labute approximate surface area is 65.8 Å². The molecule has 0 aromatic carbocycles. The minimum atomic E-state index is 0.406. The van der Waals surface area contributed by atoms with Gasteiger partial charge in [-0.3, -0.25) is 0 Å². The molecule has 1 saturated heterocycles. The topological polar surface area (TPSA) is 32.4 Å². The molecule has 0 bridgehead atoms. The summed E-state index contributed by atoms with van der Waals surface area (Å²) in [5.74, 6) is 0. The van der Waals surface area contributed by atoms with E-state index in [0.717, 1.165) is 19.5 Å². The van der Waals surface area contributed by atoms with Crippen LogP contribution in [0.3, 0.4) is 0 Å². The van der Waals surface area contributed by atoms with Gasteiger partial charge in [-0.1, -0.05) is 0 Å². The van der Waals surface area contributed by atoms with Gasteiger partial charge in [-0.2, -0.15) is 0 Å². The molecular weight excluding hydrogens is 140 g/mol. The summed E-state index contributed by atoms with van der Waals surface area (Å²) in [7, 11) is 0. The number of hydrogen-bond acceptors (Lipinski definition) is 1. The molecule has 1 N–H and O–H groups in total. The fraction of sp³-hybridized carbons (Fsp3) is 0.500. The van der Waals surface area contributed by atoms with Crippen LogP contribution in [-0.4, -0.2) is 17.7 Å². The van der Waals surface area contributed by atoms with E-state index in [1.807, 2.05) is 24.5 Å². The van der Waals surface area contributed by atoms with E-state index in [-0.39, 0.29) is 0 Å². The van der Waals surface area contributed by atoms with Crippen molar-refractivity contribution in [2.75, 3.05) is 13.1 Å². The summed E-state index contributed by atoms with van der Waals surface area (Å²) in [6.07, 6.45) is 5.08. The molecule has 2 rings (SSSR count). The smallest absolute Gasteiger partial charge is 0.0981 e. The third kappa shape index (κ3) is 1.29. The van der Waals surface area contributed by atoms with Crippen LogP contribution in [-0.2, 0) is 0 Å². The summed E-state index contributed by atoms with van der Waals surface area (Å²) in [4.78, 5) is 0. The van der Waals surface area contributed by atoms with Crippen LogP contribution in [0, 0.1) is 5.21 Å². The summed E-state index contributed by atoms with van der Waals surface area (Å²) in [6, 6.07) is 4.45. The van der Waals surface area contributed by atoms with E-state index < -0.39 is 0 Å². The molecular formula is C8H12N2O. The molecule has 3 nitrogen and oxygen atoms in total. The Balaban J connectivity index is 2.08. The molecule has 0 radical (unpaired) electrons. The Bertz CT molecular complexity index is 220. The zero-order valence-corrected chi connectivity index (χ0v) is 6.36. The number of nitrogens with one attached hydrogen (secondary N) is 1. The molecule has 0 amide bonds. The third-order valence-electron chi connectivity index (χ3n) is 2.27. The molecule has 1 aromatic heterocycles. The Morgan fingerprint density at radius 1 is 1.36 bits per heavy atom. The maximum atomic E-state index is 10.9. The highest BCUT2D eigenvalue weighted by molar-refractivity contribution is 4.93. The van der Waals surface area contributed by atoms with Crippen LogP contribution < -0.4 is 5.06 Å².